The molecule has 4 rings (SSSR count). The zero-order valence-electron chi connectivity index (χ0n) is 23.8. The third-order valence-corrected chi connectivity index (χ3v) is 10.6. The minimum absolute atomic E-state index is 0.00436. The molecule has 2 amide bonds. The fraction of sp³-hybridized carbons (Fsp3) is 0.355. The lowest BCUT2D eigenvalue weighted by Gasteiger charge is -2.34. The van der Waals surface area contributed by atoms with Gasteiger partial charge in [0.1, 0.15) is 12.6 Å². The predicted octanol–water partition coefficient (Wildman–Crippen LogP) is 7.67. The van der Waals surface area contributed by atoms with Crippen molar-refractivity contribution in [1.29, 1.82) is 0 Å². The first-order chi connectivity index (χ1) is 20.4. The van der Waals surface area contributed by atoms with Crippen LogP contribution in [0.1, 0.15) is 50.2 Å². The second-order valence-electron chi connectivity index (χ2n) is 10.6. The van der Waals surface area contributed by atoms with E-state index in [0.29, 0.717) is 22.0 Å². The summed E-state index contributed by atoms with van der Waals surface area (Å²) in [5.41, 5.74) is 1.59. The molecule has 1 fully saturated rings. The number of amides is 2. The molecule has 3 aromatic rings. The van der Waals surface area contributed by atoms with Crippen LogP contribution >= 0.6 is 46.4 Å². The highest BCUT2D eigenvalue weighted by atomic mass is 35.5. The SMILES string of the molecule is CC[C@@H](C(=O)NC1CCCC1)N(Cc1ccc(Cl)cc1Cl)C(=O)CN(c1ccc(Cl)c(Cl)c1)S(=O)(=O)c1ccc(C)cc1. The largest absolute Gasteiger partial charge is 0.352 e. The van der Waals surface area contributed by atoms with Crippen molar-refractivity contribution in [2.45, 2.75) is 69.5 Å². The lowest BCUT2D eigenvalue weighted by atomic mass is 10.1. The van der Waals surface area contributed by atoms with Gasteiger partial charge in [0.2, 0.25) is 11.8 Å². The summed E-state index contributed by atoms with van der Waals surface area (Å²) in [5.74, 6) is -0.892. The number of benzene rings is 3. The zero-order valence-corrected chi connectivity index (χ0v) is 27.7. The van der Waals surface area contributed by atoms with E-state index in [9.17, 15) is 18.0 Å². The molecule has 43 heavy (non-hydrogen) atoms. The van der Waals surface area contributed by atoms with E-state index < -0.39 is 28.5 Å². The molecule has 1 aliphatic rings. The van der Waals surface area contributed by atoms with Crippen molar-refractivity contribution in [1.82, 2.24) is 10.2 Å². The van der Waals surface area contributed by atoms with Gasteiger partial charge < -0.3 is 10.2 Å². The van der Waals surface area contributed by atoms with E-state index in [0.717, 1.165) is 35.6 Å². The number of anilines is 1. The highest BCUT2D eigenvalue weighted by Crippen LogP contribution is 2.31. The normalized spacial score (nSPS) is 14.4. The van der Waals surface area contributed by atoms with Crippen molar-refractivity contribution in [3.05, 3.63) is 91.9 Å². The number of rotatable bonds is 11. The van der Waals surface area contributed by atoms with E-state index in [-0.39, 0.29) is 39.1 Å². The maximum atomic E-state index is 14.2. The molecule has 0 unspecified atom stereocenters. The van der Waals surface area contributed by atoms with Crippen LogP contribution < -0.4 is 9.62 Å². The van der Waals surface area contributed by atoms with E-state index in [1.165, 1.54) is 35.2 Å². The molecule has 1 N–H and O–H groups in total. The van der Waals surface area contributed by atoms with Gasteiger partial charge in [0, 0.05) is 22.6 Å². The molecular weight excluding hydrogens is 652 g/mol. The molecule has 3 aromatic carbocycles. The highest BCUT2D eigenvalue weighted by molar-refractivity contribution is 7.92. The summed E-state index contributed by atoms with van der Waals surface area (Å²) in [4.78, 5) is 29.2. The average molecular weight is 686 g/mol. The van der Waals surface area contributed by atoms with Crippen LogP contribution in [0.15, 0.2) is 65.6 Å². The molecule has 7 nitrogen and oxygen atoms in total. The molecule has 0 aromatic heterocycles. The van der Waals surface area contributed by atoms with Crippen molar-refractivity contribution in [3.8, 4) is 0 Å². The van der Waals surface area contributed by atoms with Gasteiger partial charge in [-0.3, -0.25) is 13.9 Å². The number of nitrogens with one attached hydrogen (secondary N) is 1. The Hall–Kier alpha value is -2.49. The number of aryl methyl sites for hydroxylation is 1. The number of carbonyl (C=O) groups excluding carboxylic acids is 2. The Morgan fingerprint density at radius 1 is 0.907 bits per heavy atom. The predicted molar refractivity (Wildman–Crippen MR) is 174 cm³/mol. The van der Waals surface area contributed by atoms with Crippen molar-refractivity contribution < 1.29 is 18.0 Å². The van der Waals surface area contributed by atoms with Crippen LogP contribution in [0, 0.1) is 6.92 Å². The number of carbonyl (C=O) groups is 2. The Morgan fingerprint density at radius 2 is 1.58 bits per heavy atom. The van der Waals surface area contributed by atoms with E-state index in [4.69, 9.17) is 46.4 Å². The van der Waals surface area contributed by atoms with Crippen LogP contribution in [-0.2, 0) is 26.2 Å². The Kier molecular flexibility index (Phi) is 11.3. The van der Waals surface area contributed by atoms with Crippen molar-refractivity contribution in [3.63, 3.8) is 0 Å². The van der Waals surface area contributed by atoms with Crippen molar-refractivity contribution in [2.75, 3.05) is 10.8 Å². The Morgan fingerprint density at radius 3 is 2.19 bits per heavy atom. The molecule has 0 radical (unpaired) electrons. The average Bonchev–Trinajstić information content (AvgIpc) is 3.47. The highest BCUT2D eigenvalue weighted by Gasteiger charge is 2.35. The van der Waals surface area contributed by atoms with Gasteiger partial charge in [-0.25, -0.2) is 8.42 Å². The van der Waals surface area contributed by atoms with Crippen LogP contribution in [0.2, 0.25) is 20.1 Å². The van der Waals surface area contributed by atoms with Crippen molar-refractivity contribution >= 4 is 73.9 Å². The maximum Gasteiger partial charge on any atom is 0.264 e. The minimum atomic E-state index is -4.25. The molecule has 1 saturated carbocycles. The summed E-state index contributed by atoms with van der Waals surface area (Å²) in [6.45, 7) is 3.01. The van der Waals surface area contributed by atoms with Crippen LogP contribution in [0.4, 0.5) is 5.69 Å². The summed E-state index contributed by atoms with van der Waals surface area (Å²) in [6.07, 6.45) is 4.10. The minimum Gasteiger partial charge on any atom is -0.352 e. The fourth-order valence-corrected chi connectivity index (χ4v) is 7.29. The molecule has 0 saturated heterocycles. The molecule has 1 aliphatic carbocycles. The molecule has 230 valence electrons. The van der Waals surface area contributed by atoms with Crippen molar-refractivity contribution in [2.24, 2.45) is 0 Å². The van der Waals surface area contributed by atoms with E-state index in [1.807, 2.05) is 13.8 Å². The maximum absolute atomic E-state index is 14.2. The molecular formula is C31H33Cl4N3O4S. The Balaban J connectivity index is 1.75. The van der Waals surface area contributed by atoms with Crippen LogP contribution in [-0.4, -0.2) is 43.8 Å². The lowest BCUT2D eigenvalue weighted by Crippen LogP contribution is -2.53. The first-order valence-corrected chi connectivity index (χ1v) is 16.9. The lowest BCUT2D eigenvalue weighted by molar-refractivity contribution is -0.140. The van der Waals surface area contributed by atoms with Gasteiger partial charge in [0.05, 0.1) is 20.6 Å². The number of hydrogen-bond donors (Lipinski definition) is 1. The molecule has 0 spiro atoms. The van der Waals surface area contributed by atoms with E-state index >= 15 is 0 Å². The molecule has 0 bridgehead atoms. The van der Waals surface area contributed by atoms with Gasteiger partial charge in [0.25, 0.3) is 10.0 Å². The van der Waals surface area contributed by atoms with E-state index in [1.54, 1.807) is 30.3 Å². The van der Waals surface area contributed by atoms with Gasteiger partial charge in [-0.15, -0.1) is 0 Å². The first kappa shape index (κ1) is 33.4. The summed E-state index contributed by atoms with van der Waals surface area (Å²) >= 11 is 25.0. The van der Waals surface area contributed by atoms with Gasteiger partial charge in [-0.1, -0.05) is 89.9 Å². The number of hydrogen-bond acceptors (Lipinski definition) is 4. The fourth-order valence-electron chi connectivity index (χ4n) is 5.13. The molecule has 0 heterocycles. The summed E-state index contributed by atoms with van der Waals surface area (Å²) in [7, 11) is -4.25. The third kappa shape index (κ3) is 8.17. The summed E-state index contributed by atoms with van der Waals surface area (Å²) in [6, 6.07) is 14.7. The number of sulfonamides is 1. The second-order valence-corrected chi connectivity index (χ2v) is 14.1. The van der Waals surface area contributed by atoms with Gasteiger partial charge in [-0.2, -0.15) is 0 Å². The Labute approximate surface area is 273 Å². The second kappa shape index (κ2) is 14.5. The smallest absolute Gasteiger partial charge is 0.264 e. The number of nitrogens with zero attached hydrogens (tertiary/aromatic N) is 2. The van der Waals surface area contributed by atoms with Crippen LogP contribution in [0.5, 0.6) is 0 Å². The first-order valence-electron chi connectivity index (χ1n) is 14.0. The number of halogens is 4. The summed E-state index contributed by atoms with van der Waals surface area (Å²) < 4.78 is 29.0. The topological polar surface area (TPSA) is 86.8 Å². The zero-order chi connectivity index (χ0) is 31.3. The van der Waals surface area contributed by atoms with Gasteiger partial charge in [-0.05, 0) is 74.2 Å². The van der Waals surface area contributed by atoms with E-state index in [2.05, 4.69) is 5.32 Å². The quantitative estimate of drug-likeness (QED) is 0.225. The molecule has 1 atom stereocenters. The summed E-state index contributed by atoms with van der Waals surface area (Å²) in [5, 5.41) is 4.19. The van der Waals surface area contributed by atoms with Gasteiger partial charge in [0.15, 0.2) is 0 Å². The van der Waals surface area contributed by atoms with Crippen LogP contribution in [0.25, 0.3) is 0 Å². The van der Waals surface area contributed by atoms with Gasteiger partial charge >= 0.3 is 0 Å². The Bertz CT molecular complexity index is 1580. The molecule has 0 aliphatic heterocycles. The van der Waals surface area contributed by atoms with Crippen LogP contribution in [0.3, 0.4) is 0 Å². The molecule has 12 heteroatoms. The monoisotopic (exact) mass is 683 g/mol. The third-order valence-electron chi connectivity index (χ3n) is 7.52. The standard InChI is InChI=1S/C31H33Cl4N3O4S/c1-3-29(31(40)36-23-6-4-5-7-23)37(18-21-10-11-22(32)16-27(21)34)30(39)19-38(24-12-15-26(33)28(35)17-24)43(41,42)25-13-8-20(2)9-14-25/h8-17,23,29H,3-7,18-19H2,1-2H3,(H,36,40)/t29-/m0/s1.